The molecule has 178 valence electrons. The Morgan fingerprint density at radius 2 is 1.86 bits per heavy atom. The number of nitrogens with zero attached hydrogens (tertiary/aromatic N) is 4. The summed E-state index contributed by atoms with van der Waals surface area (Å²) in [6.07, 6.45) is 0. The molecule has 0 unspecified atom stereocenters. The number of benzene rings is 3. The summed E-state index contributed by atoms with van der Waals surface area (Å²) >= 11 is 0. The van der Waals surface area contributed by atoms with Gasteiger partial charge in [0.05, 0.1) is 5.39 Å². The van der Waals surface area contributed by atoms with Gasteiger partial charge in [0.15, 0.2) is 17.1 Å². The van der Waals surface area contributed by atoms with Crippen molar-refractivity contribution in [3.63, 3.8) is 0 Å². The molecule has 3 aromatic carbocycles. The first kappa shape index (κ1) is 21.7. The van der Waals surface area contributed by atoms with E-state index < -0.39 is 11.4 Å². The number of aryl methyl sites for hydroxylation is 1. The molecular weight excluding hydrogens is 463 g/mol. The second-order valence-corrected chi connectivity index (χ2v) is 8.46. The van der Waals surface area contributed by atoms with Crippen LogP contribution in [-0.4, -0.2) is 27.7 Å². The molecule has 9 heteroatoms. The van der Waals surface area contributed by atoms with Gasteiger partial charge in [0.1, 0.15) is 29.2 Å². The summed E-state index contributed by atoms with van der Waals surface area (Å²) in [5.74, 6) is -0.305. The molecule has 36 heavy (non-hydrogen) atoms. The highest BCUT2D eigenvalue weighted by molar-refractivity contribution is 6.08. The van der Waals surface area contributed by atoms with Crippen LogP contribution >= 0.6 is 0 Å². The molecule has 1 amide bonds. The van der Waals surface area contributed by atoms with Crippen molar-refractivity contribution in [3.8, 4) is 11.3 Å². The maximum Gasteiger partial charge on any atom is 0.279 e. The van der Waals surface area contributed by atoms with Crippen molar-refractivity contribution in [1.29, 1.82) is 0 Å². The van der Waals surface area contributed by atoms with E-state index in [4.69, 9.17) is 8.83 Å². The van der Waals surface area contributed by atoms with E-state index in [1.165, 1.54) is 17.0 Å². The smallest absolute Gasteiger partial charge is 0.279 e. The topological polar surface area (TPSA) is 94.4 Å². The second kappa shape index (κ2) is 8.16. The Labute approximate surface area is 203 Å². The maximum absolute atomic E-state index is 14.1. The van der Waals surface area contributed by atoms with E-state index in [0.29, 0.717) is 39.2 Å². The fourth-order valence-corrected chi connectivity index (χ4v) is 4.31. The number of carbonyl (C=O) groups is 1. The van der Waals surface area contributed by atoms with E-state index in [1.54, 1.807) is 68.6 Å². The van der Waals surface area contributed by atoms with Crippen LogP contribution < -0.4 is 10.5 Å². The Hall–Kier alpha value is -4.79. The van der Waals surface area contributed by atoms with Gasteiger partial charge in [-0.2, -0.15) is 5.10 Å². The molecule has 0 N–H and O–H groups in total. The van der Waals surface area contributed by atoms with Gasteiger partial charge in [-0.25, -0.2) is 14.1 Å². The summed E-state index contributed by atoms with van der Waals surface area (Å²) in [6.45, 7) is 1.42. The first-order chi connectivity index (χ1) is 17.4. The number of furan rings is 1. The molecule has 0 bridgehead atoms. The van der Waals surface area contributed by atoms with Crippen molar-refractivity contribution < 1.29 is 18.0 Å². The van der Waals surface area contributed by atoms with Gasteiger partial charge in [-0.05, 0) is 30.3 Å². The van der Waals surface area contributed by atoms with Crippen LogP contribution in [0.15, 0.2) is 80.4 Å². The number of likely N-dealkylation sites (N-methyl/N-ethyl adjacent to an activating group) is 1. The minimum atomic E-state index is -0.474. The number of fused-ring (bicyclic) bond motifs is 4. The average molecular weight is 482 g/mol. The number of carbonyl (C=O) groups excluding carboxylic acids is 1. The molecule has 0 aliphatic heterocycles. The number of rotatable bonds is 4. The summed E-state index contributed by atoms with van der Waals surface area (Å²) in [5.41, 5.74) is 2.80. The molecule has 0 saturated carbocycles. The van der Waals surface area contributed by atoms with Gasteiger partial charge in [-0.15, -0.1) is 0 Å². The molecule has 0 aliphatic carbocycles. The molecule has 0 atom stereocenters. The summed E-state index contributed by atoms with van der Waals surface area (Å²) in [5, 5.41) is 5.33. The highest BCUT2D eigenvalue weighted by Crippen LogP contribution is 2.32. The minimum Gasteiger partial charge on any atom is -0.453 e. The number of hydrogen-bond acceptors (Lipinski definition) is 6. The number of oxazole rings is 1. The van der Waals surface area contributed by atoms with Crippen molar-refractivity contribution in [3.05, 3.63) is 88.8 Å². The van der Waals surface area contributed by atoms with Gasteiger partial charge in [0.2, 0.25) is 5.91 Å². The van der Waals surface area contributed by atoms with Crippen molar-refractivity contribution in [2.75, 3.05) is 11.9 Å². The van der Waals surface area contributed by atoms with Gasteiger partial charge < -0.3 is 13.7 Å². The van der Waals surface area contributed by atoms with E-state index in [2.05, 4.69) is 10.1 Å². The van der Waals surface area contributed by atoms with Gasteiger partial charge in [0.25, 0.3) is 5.56 Å². The first-order valence-corrected chi connectivity index (χ1v) is 11.2. The summed E-state index contributed by atoms with van der Waals surface area (Å²) in [7, 11) is 1.61. The number of hydrogen-bond donors (Lipinski definition) is 0. The fourth-order valence-electron chi connectivity index (χ4n) is 4.31. The predicted octanol–water partition coefficient (Wildman–Crippen LogP) is 5.06. The third kappa shape index (κ3) is 3.52. The van der Waals surface area contributed by atoms with Crippen LogP contribution in [0.25, 0.3) is 44.3 Å². The van der Waals surface area contributed by atoms with Crippen LogP contribution in [0.5, 0.6) is 0 Å². The molecule has 0 fully saturated rings. The Bertz CT molecular complexity index is 1870. The molecular formula is C27H19FN4O4. The lowest BCUT2D eigenvalue weighted by molar-refractivity contribution is -0.119. The first-order valence-electron chi connectivity index (χ1n) is 11.2. The zero-order chi connectivity index (χ0) is 25.0. The maximum atomic E-state index is 14.1. The molecule has 3 aromatic heterocycles. The average Bonchev–Trinajstić information content (AvgIpc) is 3.44. The van der Waals surface area contributed by atoms with Gasteiger partial charge in [-0.1, -0.05) is 30.3 Å². The lowest BCUT2D eigenvalue weighted by atomic mass is 10.1. The summed E-state index contributed by atoms with van der Waals surface area (Å²) < 4.78 is 26.7. The third-order valence-corrected chi connectivity index (χ3v) is 6.10. The number of anilines is 1. The van der Waals surface area contributed by atoms with Gasteiger partial charge in [-0.3, -0.25) is 9.59 Å². The van der Waals surface area contributed by atoms with Crippen LogP contribution in [0.3, 0.4) is 0 Å². The monoisotopic (exact) mass is 482 g/mol. The van der Waals surface area contributed by atoms with Crippen molar-refractivity contribution in [2.45, 2.75) is 13.5 Å². The van der Waals surface area contributed by atoms with Crippen LogP contribution in [-0.2, 0) is 11.3 Å². The quantitative estimate of drug-likeness (QED) is 0.349. The van der Waals surface area contributed by atoms with Crippen molar-refractivity contribution >= 4 is 44.6 Å². The Kier molecular flexibility index (Phi) is 4.92. The number of amides is 1. The van der Waals surface area contributed by atoms with E-state index in [-0.39, 0.29) is 29.1 Å². The zero-order valence-electron chi connectivity index (χ0n) is 19.4. The molecule has 0 spiro atoms. The van der Waals surface area contributed by atoms with Crippen LogP contribution in [0.4, 0.5) is 10.1 Å². The molecule has 6 rings (SSSR count). The number of halogens is 1. The highest BCUT2D eigenvalue weighted by Gasteiger charge is 2.22. The van der Waals surface area contributed by atoms with Gasteiger partial charge >= 0.3 is 0 Å². The normalized spacial score (nSPS) is 11.5. The van der Waals surface area contributed by atoms with Gasteiger partial charge in [0, 0.05) is 36.7 Å². The molecule has 0 saturated heterocycles. The third-order valence-electron chi connectivity index (χ3n) is 6.10. The summed E-state index contributed by atoms with van der Waals surface area (Å²) in [6, 6.07) is 18.2. The predicted molar refractivity (Wildman–Crippen MR) is 133 cm³/mol. The Morgan fingerprint density at radius 3 is 2.69 bits per heavy atom. The molecule has 6 aromatic rings. The Morgan fingerprint density at radius 1 is 1.03 bits per heavy atom. The fraction of sp³-hybridized carbons (Fsp3) is 0.111. The molecule has 0 radical (unpaired) electrons. The van der Waals surface area contributed by atoms with E-state index in [0.717, 1.165) is 4.68 Å². The lowest BCUT2D eigenvalue weighted by Crippen LogP contribution is -2.35. The molecule has 8 nitrogen and oxygen atoms in total. The van der Waals surface area contributed by atoms with E-state index in [9.17, 15) is 14.0 Å². The molecule has 3 heterocycles. The van der Waals surface area contributed by atoms with Crippen molar-refractivity contribution in [1.82, 2.24) is 14.8 Å². The van der Waals surface area contributed by atoms with Crippen LogP contribution in [0, 0.1) is 12.7 Å². The number of aromatic nitrogens is 3. The minimum absolute atomic E-state index is 0.245. The summed E-state index contributed by atoms with van der Waals surface area (Å²) in [4.78, 5) is 32.4. The van der Waals surface area contributed by atoms with Crippen molar-refractivity contribution in [2.24, 2.45) is 0 Å². The van der Waals surface area contributed by atoms with Crippen LogP contribution in [0.1, 0.15) is 5.89 Å². The zero-order valence-corrected chi connectivity index (χ0v) is 19.4. The SMILES string of the molecule is Cc1nc2ccc(N(C)C(=O)Cn3nc(-c4cccc(F)c4)c4oc5ccccc5c4c3=O)cc2o1. The molecule has 0 aliphatic rings. The van der Waals surface area contributed by atoms with E-state index >= 15 is 0 Å². The Balaban J connectivity index is 1.46. The lowest BCUT2D eigenvalue weighted by Gasteiger charge is -2.18. The number of para-hydroxylation sites is 1. The largest absolute Gasteiger partial charge is 0.453 e. The van der Waals surface area contributed by atoms with E-state index in [1.807, 2.05) is 0 Å². The van der Waals surface area contributed by atoms with Crippen LogP contribution in [0.2, 0.25) is 0 Å². The second-order valence-electron chi connectivity index (χ2n) is 8.46. The standard InChI is InChI=1S/C27H19FN4O4/c1-15-29-20-11-10-18(13-22(20)35-15)31(2)23(33)14-32-27(34)24-19-8-3-4-9-21(19)36-26(24)25(30-32)16-6-5-7-17(28)12-16/h3-13H,14H2,1-2H3. The highest BCUT2D eigenvalue weighted by atomic mass is 19.1.